The molecule has 0 saturated heterocycles. The van der Waals surface area contributed by atoms with Crippen molar-refractivity contribution in [2.45, 2.75) is 45.8 Å². The molecule has 0 aromatic carbocycles. The second-order valence-electron chi connectivity index (χ2n) is 4.42. The number of aryl methyl sites for hydroxylation is 1. The molecule has 0 radical (unpaired) electrons. The number of aliphatic hydroxyl groups is 1. The Labute approximate surface area is 112 Å². The van der Waals surface area contributed by atoms with Gasteiger partial charge in [0.25, 0.3) is 0 Å². The molecular formula is C13H22N2O2S. The van der Waals surface area contributed by atoms with Gasteiger partial charge in [-0.15, -0.1) is 11.3 Å². The largest absolute Gasteiger partial charge is 0.393 e. The van der Waals surface area contributed by atoms with Crippen LogP contribution in [-0.4, -0.2) is 23.8 Å². The van der Waals surface area contributed by atoms with Crippen LogP contribution < -0.4 is 10.6 Å². The average Bonchev–Trinajstić information content (AvgIpc) is 2.75. The van der Waals surface area contributed by atoms with Crippen LogP contribution in [0.3, 0.4) is 0 Å². The average molecular weight is 270 g/mol. The van der Waals surface area contributed by atoms with Gasteiger partial charge in [-0.3, -0.25) is 0 Å². The highest BCUT2D eigenvalue weighted by Gasteiger charge is 2.11. The van der Waals surface area contributed by atoms with E-state index in [1.807, 2.05) is 32.9 Å². The van der Waals surface area contributed by atoms with Gasteiger partial charge in [0.05, 0.1) is 12.1 Å². The molecule has 0 fully saturated rings. The fraction of sp³-hybridized carbons (Fsp3) is 0.615. The Bertz CT molecular complexity index is 379. The SMILES string of the molecule is CC[C@@H](O)CCNC(=O)N[C@H](C)c1ccc(C)s1. The third-order valence-corrected chi connectivity index (χ3v) is 3.95. The Morgan fingerprint density at radius 2 is 2.22 bits per heavy atom. The molecule has 0 saturated carbocycles. The molecular weight excluding hydrogens is 248 g/mol. The van der Waals surface area contributed by atoms with Gasteiger partial charge in [0, 0.05) is 16.3 Å². The van der Waals surface area contributed by atoms with Gasteiger partial charge in [0.1, 0.15) is 0 Å². The van der Waals surface area contributed by atoms with Gasteiger partial charge in [-0.2, -0.15) is 0 Å². The highest BCUT2D eigenvalue weighted by molar-refractivity contribution is 7.12. The first kappa shape index (κ1) is 15.0. The molecule has 0 aliphatic carbocycles. The number of amides is 2. The molecule has 5 heteroatoms. The Balaban J connectivity index is 2.27. The van der Waals surface area contributed by atoms with Crippen LogP contribution in [0.4, 0.5) is 4.79 Å². The van der Waals surface area contributed by atoms with Crippen LogP contribution >= 0.6 is 11.3 Å². The third kappa shape index (κ3) is 5.06. The van der Waals surface area contributed by atoms with E-state index in [2.05, 4.69) is 10.6 Å². The summed E-state index contributed by atoms with van der Waals surface area (Å²) in [5.74, 6) is 0. The summed E-state index contributed by atoms with van der Waals surface area (Å²) in [4.78, 5) is 14.0. The molecule has 1 aromatic rings. The van der Waals surface area contributed by atoms with E-state index in [0.717, 1.165) is 4.88 Å². The summed E-state index contributed by atoms with van der Waals surface area (Å²) in [6.07, 6.45) is 0.979. The van der Waals surface area contributed by atoms with Crippen molar-refractivity contribution in [2.75, 3.05) is 6.54 Å². The lowest BCUT2D eigenvalue weighted by Crippen LogP contribution is -2.38. The molecule has 2 atom stereocenters. The van der Waals surface area contributed by atoms with E-state index >= 15 is 0 Å². The number of hydrogen-bond donors (Lipinski definition) is 3. The molecule has 3 N–H and O–H groups in total. The minimum atomic E-state index is -0.331. The van der Waals surface area contributed by atoms with Crippen LogP contribution in [-0.2, 0) is 0 Å². The summed E-state index contributed by atoms with van der Waals surface area (Å²) >= 11 is 1.69. The quantitative estimate of drug-likeness (QED) is 0.744. The molecule has 102 valence electrons. The molecule has 0 unspecified atom stereocenters. The number of carbonyl (C=O) groups excluding carboxylic acids is 1. The molecule has 0 aliphatic heterocycles. The van der Waals surface area contributed by atoms with Gasteiger partial charge in [-0.25, -0.2) is 4.79 Å². The van der Waals surface area contributed by atoms with Gasteiger partial charge in [-0.05, 0) is 38.8 Å². The number of hydrogen-bond acceptors (Lipinski definition) is 3. The standard InChI is InChI=1S/C13H22N2O2S/c1-4-11(16)7-8-14-13(17)15-10(3)12-6-5-9(2)18-12/h5-6,10-11,16H,4,7-8H2,1-3H3,(H2,14,15,17)/t10-,11-/m1/s1. The Morgan fingerprint density at radius 3 is 2.78 bits per heavy atom. The van der Waals surface area contributed by atoms with Crippen molar-refractivity contribution in [3.63, 3.8) is 0 Å². The predicted molar refractivity (Wildman–Crippen MR) is 74.9 cm³/mol. The zero-order valence-electron chi connectivity index (χ0n) is 11.2. The first-order valence-corrected chi connectivity index (χ1v) is 7.13. The molecule has 1 rings (SSSR count). The monoisotopic (exact) mass is 270 g/mol. The Hall–Kier alpha value is -1.07. The van der Waals surface area contributed by atoms with E-state index in [1.165, 1.54) is 4.88 Å². The summed E-state index contributed by atoms with van der Waals surface area (Å²) in [6.45, 7) is 6.43. The second-order valence-corrected chi connectivity index (χ2v) is 5.74. The van der Waals surface area contributed by atoms with Crippen molar-refractivity contribution in [3.8, 4) is 0 Å². The lowest BCUT2D eigenvalue weighted by molar-refractivity contribution is 0.160. The molecule has 0 bridgehead atoms. The summed E-state index contributed by atoms with van der Waals surface area (Å²) < 4.78 is 0. The summed E-state index contributed by atoms with van der Waals surface area (Å²) in [5.41, 5.74) is 0. The smallest absolute Gasteiger partial charge is 0.315 e. The molecule has 0 spiro atoms. The van der Waals surface area contributed by atoms with Gasteiger partial charge in [-0.1, -0.05) is 6.92 Å². The highest BCUT2D eigenvalue weighted by Crippen LogP contribution is 2.21. The lowest BCUT2D eigenvalue weighted by atomic mass is 10.2. The fourth-order valence-corrected chi connectivity index (χ4v) is 2.44. The van der Waals surface area contributed by atoms with Crippen LogP contribution in [0.2, 0.25) is 0 Å². The van der Waals surface area contributed by atoms with Crippen molar-refractivity contribution in [3.05, 3.63) is 21.9 Å². The van der Waals surface area contributed by atoms with Gasteiger partial charge in [0.2, 0.25) is 0 Å². The topological polar surface area (TPSA) is 61.4 Å². The number of aliphatic hydroxyl groups excluding tert-OH is 1. The molecule has 0 aliphatic rings. The molecule has 4 nitrogen and oxygen atoms in total. The van der Waals surface area contributed by atoms with Crippen LogP contribution in [0, 0.1) is 6.92 Å². The van der Waals surface area contributed by atoms with E-state index in [0.29, 0.717) is 19.4 Å². The Morgan fingerprint density at radius 1 is 1.50 bits per heavy atom. The maximum atomic E-state index is 11.6. The normalized spacial score (nSPS) is 14.0. The van der Waals surface area contributed by atoms with E-state index < -0.39 is 0 Å². The van der Waals surface area contributed by atoms with E-state index in [-0.39, 0.29) is 18.2 Å². The minimum absolute atomic E-state index is 0.0137. The Kier molecular flexibility index (Phi) is 6.15. The predicted octanol–water partition coefficient (Wildman–Crippen LogP) is 2.58. The van der Waals surface area contributed by atoms with Crippen molar-refractivity contribution in [2.24, 2.45) is 0 Å². The first-order valence-electron chi connectivity index (χ1n) is 6.31. The third-order valence-electron chi connectivity index (χ3n) is 2.77. The fourth-order valence-electron chi connectivity index (χ4n) is 1.56. The zero-order valence-corrected chi connectivity index (χ0v) is 12.0. The number of thiophene rings is 1. The lowest BCUT2D eigenvalue weighted by Gasteiger charge is -2.14. The zero-order chi connectivity index (χ0) is 13.5. The molecule has 1 heterocycles. The van der Waals surface area contributed by atoms with Gasteiger partial charge < -0.3 is 15.7 Å². The van der Waals surface area contributed by atoms with Gasteiger partial charge in [0.15, 0.2) is 0 Å². The molecule has 1 aromatic heterocycles. The summed E-state index contributed by atoms with van der Waals surface area (Å²) in [7, 11) is 0. The van der Waals surface area contributed by atoms with Gasteiger partial charge >= 0.3 is 6.03 Å². The van der Waals surface area contributed by atoms with Crippen molar-refractivity contribution in [1.82, 2.24) is 10.6 Å². The number of urea groups is 1. The highest BCUT2D eigenvalue weighted by atomic mass is 32.1. The van der Waals surface area contributed by atoms with Crippen molar-refractivity contribution >= 4 is 17.4 Å². The van der Waals surface area contributed by atoms with E-state index in [4.69, 9.17) is 0 Å². The number of rotatable bonds is 6. The van der Waals surface area contributed by atoms with Crippen LogP contribution in [0.15, 0.2) is 12.1 Å². The van der Waals surface area contributed by atoms with Crippen LogP contribution in [0.1, 0.15) is 42.5 Å². The van der Waals surface area contributed by atoms with Crippen molar-refractivity contribution in [1.29, 1.82) is 0 Å². The summed E-state index contributed by atoms with van der Waals surface area (Å²) in [5, 5.41) is 15.0. The van der Waals surface area contributed by atoms with Crippen molar-refractivity contribution < 1.29 is 9.90 Å². The second kappa shape index (κ2) is 7.38. The number of nitrogens with one attached hydrogen (secondary N) is 2. The first-order chi connectivity index (χ1) is 8.52. The van der Waals surface area contributed by atoms with E-state index in [1.54, 1.807) is 11.3 Å². The maximum absolute atomic E-state index is 11.6. The summed E-state index contributed by atoms with van der Waals surface area (Å²) in [6, 6.07) is 3.91. The molecule has 2 amide bonds. The van der Waals surface area contributed by atoms with Crippen LogP contribution in [0.5, 0.6) is 0 Å². The maximum Gasteiger partial charge on any atom is 0.315 e. The van der Waals surface area contributed by atoms with Crippen LogP contribution in [0.25, 0.3) is 0 Å². The number of carbonyl (C=O) groups is 1. The minimum Gasteiger partial charge on any atom is -0.393 e. The molecule has 18 heavy (non-hydrogen) atoms. The van der Waals surface area contributed by atoms with E-state index in [9.17, 15) is 9.90 Å².